The van der Waals surface area contributed by atoms with E-state index in [0.29, 0.717) is 12.1 Å². The van der Waals surface area contributed by atoms with Gasteiger partial charge in [-0.15, -0.1) is 0 Å². The molecule has 0 saturated heterocycles. The zero-order chi connectivity index (χ0) is 14.3. The molecule has 0 spiro atoms. The second-order valence-electron chi connectivity index (χ2n) is 3.41. The predicted octanol–water partition coefficient (Wildman–Crippen LogP) is 3.74. The second kappa shape index (κ2) is 4.61. The van der Waals surface area contributed by atoms with E-state index in [1.165, 1.54) is 0 Å². The van der Waals surface area contributed by atoms with Gasteiger partial charge in [-0.3, -0.25) is 0 Å². The van der Waals surface area contributed by atoms with Crippen LogP contribution in [-0.2, 0) is 6.18 Å². The van der Waals surface area contributed by atoms with Gasteiger partial charge in [0.05, 0.1) is 5.56 Å². The van der Waals surface area contributed by atoms with Crippen LogP contribution >= 0.6 is 15.9 Å². The fraction of sp³-hybridized carbons (Fsp3) is 0.333. The van der Waals surface area contributed by atoms with Crippen molar-refractivity contribution in [2.24, 2.45) is 5.73 Å². The fourth-order valence-corrected chi connectivity index (χ4v) is 1.73. The van der Waals surface area contributed by atoms with E-state index in [-0.39, 0.29) is 4.47 Å². The third kappa shape index (κ3) is 3.08. The van der Waals surface area contributed by atoms with Crippen molar-refractivity contribution in [2.75, 3.05) is 0 Å². The molecule has 0 heterocycles. The van der Waals surface area contributed by atoms with E-state index in [1.54, 1.807) is 0 Å². The van der Waals surface area contributed by atoms with E-state index in [1.807, 2.05) is 0 Å². The summed E-state index contributed by atoms with van der Waals surface area (Å²) in [6.07, 6.45) is -9.94. The normalized spacial score (nSPS) is 14.7. The molecule has 0 aliphatic heterocycles. The molecule has 0 radical (unpaired) electrons. The van der Waals surface area contributed by atoms with Gasteiger partial charge < -0.3 is 10.8 Å². The minimum absolute atomic E-state index is 0.262. The first kappa shape index (κ1) is 15.1. The van der Waals surface area contributed by atoms with Crippen molar-refractivity contribution in [3.05, 3.63) is 27.7 Å². The van der Waals surface area contributed by atoms with Gasteiger partial charge in [-0.1, -0.05) is 15.9 Å². The molecule has 0 saturated carbocycles. The number of phenols is 1. The van der Waals surface area contributed by atoms with Crippen LogP contribution < -0.4 is 5.73 Å². The van der Waals surface area contributed by atoms with Crippen LogP contribution in [0.5, 0.6) is 5.75 Å². The molecule has 0 unspecified atom stereocenters. The van der Waals surface area contributed by atoms with Gasteiger partial charge in [-0.2, -0.15) is 26.3 Å². The van der Waals surface area contributed by atoms with Gasteiger partial charge >= 0.3 is 12.4 Å². The van der Waals surface area contributed by atoms with Gasteiger partial charge in [0.25, 0.3) is 0 Å². The maximum atomic E-state index is 12.5. The maximum absolute atomic E-state index is 12.5. The van der Waals surface area contributed by atoms with E-state index >= 15 is 0 Å². The smallest absolute Gasteiger partial charge is 0.420 e. The lowest BCUT2D eigenvalue weighted by atomic mass is 10.0. The SMILES string of the molecule is N[C@H](c1cc(Br)cc(C(F)(F)F)c1O)C(F)(F)F. The van der Waals surface area contributed by atoms with Crippen LogP contribution in [0, 0.1) is 0 Å². The largest absolute Gasteiger partial charge is 0.507 e. The Morgan fingerprint density at radius 2 is 1.61 bits per heavy atom. The summed E-state index contributed by atoms with van der Waals surface area (Å²) < 4.78 is 74.2. The van der Waals surface area contributed by atoms with Crippen LogP contribution in [0.3, 0.4) is 0 Å². The average molecular weight is 338 g/mol. The molecule has 3 N–H and O–H groups in total. The van der Waals surface area contributed by atoms with Crippen LogP contribution in [0.4, 0.5) is 26.3 Å². The lowest BCUT2D eigenvalue weighted by Gasteiger charge is -2.20. The molecule has 9 heteroatoms. The highest BCUT2D eigenvalue weighted by molar-refractivity contribution is 9.10. The van der Waals surface area contributed by atoms with Gasteiger partial charge in [0.1, 0.15) is 11.8 Å². The molecule has 1 atom stereocenters. The second-order valence-corrected chi connectivity index (χ2v) is 4.32. The highest BCUT2D eigenvalue weighted by Crippen LogP contribution is 2.43. The van der Waals surface area contributed by atoms with Crippen LogP contribution in [0.1, 0.15) is 17.2 Å². The van der Waals surface area contributed by atoms with E-state index in [2.05, 4.69) is 15.9 Å². The summed E-state index contributed by atoms with van der Waals surface area (Å²) in [7, 11) is 0. The molecule has 0 aliphatic rings. The standard InChI is InChI=1S/C9H6BrF6NO/c10-3-1-4(7(17)9(14,15)16)6(18)5(2-3)8(11,12)13/h1-2,7,18H,17H2/t7-/m1/s1. The monoisotopic (exact) mass is 337 g/mol. The molecule has 0 fully saturated rings. The van der Waals surface area contributed by atoms with Crippen molar-refractivity contribution in [1.29, 1.82) is 0 Å². The molecule has 2 nitrogen and oxygen atoms in total. The molecule has 0 amide bonds. The zero-order valence-corrected chi connectivity index (χ0v) is 9.99. The van der Waals surface area contributed by atoms with E-state index < -0.39 is 35.3 Å². The zero-order valence-electron chi connectivity index (χ0n) is 8.40. The van der Waals surface area contributed by atoms with Crippen molar-refractivity contribution in [2.45, 2.75) is 18.4 Å². The summed E-state index contributed by atoms with van der Waals surface area (Å²) in [5, 5.41) is 9.26. The first-order chi connectivity index (χ1) is 7.94. The van der Waals surface area contributed by atoms with E-state index in [4.69, 9.17) is 5.73 Å². The van der Waals surface area contributed by atoms with Gasteiger partial charge in [0.15, 0.2) is 0 Å². The maximum Gasteiger partial charge on any atom is 0.420 e. The van der Waals surface area contributed by atoms with Gasteiger partial charge in [-0.25, -0.2) is 0 Å². The minimum Gasteiger partial charge on any atom is -0.507 e. The molecule has 102 valence electrons. The Bertz CT molecular complexity index is 456. The number of benzene rings is 1. The van der Waals surface area contributed by atoms with Crippen molar-refractivity contribution in [3.8, 4) is 5.75 Å². The number of nitrogens with two attached hydrogens (primary N) is 1. The average Bonchev–Trinajstić information content (AvgIpc) is 2.17. The van der Waals surface area contributed by atoms with Crippen molar-refractivity contribution in [3.63, 3.8) is 0 Å². The van der Waals surface area contributed by atoms with Crippen LogP contribution in [-0.4, -0.2) is 11.3 Å². The lowest BCUT2D eigenvalue weighted by molar-refractivity contribution is -0.151. The number of rotatable bonds is 1. The Hall–Kier alpha value is -0.960. The summed E-state index contributed by atoms with van der Waals surface area (Å²) in [6.45, 7) is 0. The number of phenolic OH excluding ortho intramolecular Hbond substituents is 1. The summed E-state index contributed by atoms with van der Waals surface area (Å²) in [4.78, 5) is 0. The van der Waals surface area contributed by atoms with Gasteiger partial charge in [0.2, 0.25) is 0 Å². The first-order valence-corrected chi connectivity index (χ1v) is 5.15. The summed E-state index contributed by atoms with van der Waals surface area (Å²) in [5.41, 5.74) is 2.17. The van der Waals surface area contributed by atoms with Crippen molar-refractivity contribution < 1.29 is 31.4 Å². The lowest BCUT2D eigenvalue weighted by Crippen LogP contribution is -2.29. The Kier molecular flexibility index (Phi) is 3.87. The number of halogens is 7. The fourth-order valence-electron chi connectivity index (χ4n) is 1.25. The summed E-state index contributed by atoms with van der Waals surface area (Å²) >= 11 is 2.64. The van der Waals surface area contributed by atoms with Crippen LogP contribution in [0.25, 0.3) is 0 Å². The number of alkyl halides is 6. The van der Waals surface area contributed by atoms with Crippen molar-refractivity contribution >= 4 is 15.9 Å². The molecule has 0 aliphatic carbocycles. The first-order valence-electron chi connectivity index (χ1n) is 4.36. The molecule has 18 heavy (non-hydrogen) atoms. The topological polar surface area (TPSA) is 46.2 Å². The minimum atomic E-state index is -4.98. The Morgan fingerprint density at radius 1 is 1.11 bits per heavy atom. The highest BCUT2D eigenvalue weighted by Gasteiger charge is 2.42. The molecule has 1 aromatic rings. The predicted molar refractivity (Wildman–Crippen MR) is 53.8 cm³/mol. The molecule has 1 rings (SSSR count). The molecule has 1 aromatic carbocycles. The number of hydrogen-bond acceptors (Lipinski definition) is 2. The summed E-state index contributed by atoms with van der Waals surface area (Å²) in [5.74, 6) is -1.52. The third-order valence-electron chi connectivity index (χ3n) is 2.10. The Balaban J connectivity index is 3.44. The van der Waals surface area contributed by atoms with Gasteiger partial charge in [-0.05, 0) is 12.1 Å². The van der Waals surface area contributed by atoms with E-state index in [9.17, 15) is 31.4 Å². The highest BCUT2D eigenvalue weighted by atomic mass is 79.9. The Labute approximate surface area is 106 Å². The molecule has 0 aromatic heterocycles. The molecular weight excluding hydrogens is 332 g/mol. The number of aromatic hydroxyl groups is 1. The number of hydrogen-bond donors (Lipinski definition) is 2. The summed E-state index contributed by atoms with van der Waals surface area (Å²) in [6, 6.07) is -1.53. The van der Waals surface area contributed by atoms with Crippen LogP contribution in [0.15, 0.2) is 16.6 Å². The van der Waals surface area contributed by atoms with Crippen molar-refractivity contribution in [1.82, 2.24) is 0 Å². The third-order valence-corrected chi connectivity index (χ3v) is 2.56. The quantitative estimate of drug-likeness (QED) is 0.767. The van der Waals surface area contributed by atoms with Gasteiger partial charge in [0, 0.05) is 10.0 Å². The molecule has 0 bridgehead atoms. The Morgan fingerprint density at radius 3 is 2.00 bits per heavy atom. The van der Waals surface area contributed by atoms with E-state index in [0.717, 1.165) is 0 Å². The van der Waals surface area contributed by atoms with Crippen LogP contribution in [0.2, 0.25) is 0 Å². The molecular formula is C9H6BrF6NO.